The molecule has 0 aromatic heterocycles. The van der Waals surface area contributed by atoms with Gasteiger partial charge in [0, 0.05) is 0 Å². The molecule has 0 saturated carbocycles. The van der Waals surface area contributed by atoms with Crippen LogP contribution in [0, 0.1) is 0 Å². The van der Waals surface area contributed by atoms with E-state index in [2.05, 4.69) is 4.99 Å². The molecule has 8 nitrogen and oxygen atoms in total. The molecule has 0 spiro atoms. The fourth-order valence-corrected chi connectivity index (χ4v) is 2.65. The molecule has 1 heterocycles. The SMILES string of the molecule is CCOc1ccccc1C1=N/C(=C\c2ccc(OCC(N)=O)c(OC)c2)C(=O)O1. The smallest absolute Gasteiger partial charge is 0.363 e. The highest BCUT2D eigenvalue weighted by molar-refractivity contribution is 6.13. The van der Waals surface area contributed by atoms with Crippen LogP contribution in [0.25, 0.3) is 6.08 Å². The van der Waals surface area contributed by atoms with E-state index in [1.165, 1.54) is 7.11 Å². The lowest BCUT2D eigenvalue weighted by Gasteiger charge is -2.09. The number of aliphatic imine (C=N–C) groups is 1. The zero-order valence-electron chi connectivity index (χ0n) is 16.0. The lowest BCUT2D eigenvalue weighted by atomic mass is 10.1. The Bertz CT molecular complexity index is 996. The van der Waals surface area contributed by atoms with Gasteiger partial charge in [-0.15, -0.1) is 0 Å². The Hall–Kier alpha value is -3.81. The van der Waals surface area contributed by atoms with Crippen LogP contribution in [0.15, 0.2) is 53.2 Å². The van der Waals surface area contributed by atoms with Gasteiger partial charge in [0.05, 0.1) is 19.3 Å². The van der Waals surface area contributed by atoms with E-state index in [-0.39, 0.29) is 18.2 Å². The molecule has 2 aromatic carbocycles. The lowest BCUT2D eigenvalue weighted by Crippen LogP contribution is -2.20. The summed E-state index contributed by atoms with van der Waals surface area (Å²) >= 11 is 0. The van der Waals surface area contributed by atoms with E-state index in [4.69, 9.17) is 24.7 Å². The van der Waals surface area contributed by atoms with Crippen LogP contribution in [0.4, 0.5) is 0 Å². The maximum absolute atomic E-state index is 12.3. The zero-order chi connectivity index (χ0) is 20.8. The number of hydrogen-bond donors (Lipinski definition) is 1. The van der Waals surface area contributed by atoms with Crippen molar-refractivity contribution in [3.05, 3.63) is 59.3 Å². The number of cyclic esters (lactones) is 1. The second kappa shape index (κ2) is 8.92. The van der Waals surface area contributed by atoms with Gasteiger partial charge in [0.25, 0.3) is 5.91 Å². The molecule has 0 atom stereocenters. The van der Waals surface area contributed by atoms with Crippen LogP contribution in [0.1, 0.15) is 18.1 Å². The topological polar surface area (TPSA) is 109 Å². The summed E-state index contributed by atoms with van der Waals surface area (Å²) in [4.78, 5) is 27.5. The molecule has 150 valence electrons. The van der Waals surface area contributed by atoms with Crippen LogP contribution in [0.5, 0.6) is 17.2 Å². The highest BCUT2D eigenvalue weighted by atomic mass is 16.6. The molecule has 3 rings (SSSR count). The molecular weight excluding hydrogens is 376 g/mol. The van der Waals surface area contributed by atoms with Crippen LogP contribution in [-0.4, -0.2) is 38.1 Å². The molecule has 2 N–H and O–H groups in total. The molecule has 0 unspecified atom stereocenters. The number of nitrogens with zero attached hydrogens (tertiary/aromatic N) is 1. The number of para-hydroxylation sites is 1. The predicted octanol–water partition coefficient (Wildman–Crippen LogP) is 2.30. The van der Waals surface area contributed by atoms with Crippen molar-refractivity contribution in [2.24, 2.45) is 10.7 Å². The summed E-state index contributed by atoms with van der Waals surface area (Å²) in [5, 5.41) is 0. The fraction of sp³-hybridized carbons (Fsp3) is 0.190. The van der Waals surface area contributed by atoms with Gasteiger partial charge < -0.3 is 24.7 Å². The average Bonchev–Trinajstić information content (AvgIpc) is 3.07. The van der Waals surface area contributed by atoms with E-state index in [9.17, 15) is 9.59 Å². The van der Waals surface area contributed by atoms with Gasteiger partial charge in [-0.2, -0.15) is 0 Å². The molecule has 0 radical (unpaired) electrons. The monoisotopic (exact) mass is 396 g/mol. The summed E-state index contributed by atoms with van der Waals surface area (Å²) in [6, 6.07) is 12.2. The van der Waals surface area contributed by atoms with E-state index in [0.29, 0.717) is 35.0 Å². The van der Waals surface area contributed by atoms with Gasteiger partial charge in [-0.05, 0) is 42.8 Å². The first-order valence-electron chi connectivity index (χ1n) is 8.85. The van der Waals surface area contributed by atoms with Crippen molar-refractivity contribution in [2.75, 3.05) is 20.3 Å². The number of methoxy groups -OCH3 is 1. The van der Waals surface area contributed by atoms with Crippen LogP contribution in [-0.2, 0) is 14.3 Å². The standard InChI is InChI=1S/C21H20N2O6/c1-3-27-16-7-5-4-6-14(16)20-23-15(21(25)29-20)10-13-8-9-17(18(11-13)26-2)28-12-19(22)24/h4-11H,3,12H2,1-2H3,(H2,22,24)/b15-10-. The van der Waals surface area contributed by atoms with Crippen molar-refractivity contribution in [1.29, 1.82) is 0 Å². The van der Waals surface area contributed by atoms with Crippen molar-refractivity contribution < 1.29 is 28.5 Å². The van der Waals surface area contributed by atoms with Gasteiger partial charge in [0.15, 0.2) is 23.8 Å². The first-order valence-corrected chi connectivity index (χ1v) is 8.85. The normalized spacial score (nSPS) is 14.3. The van der Waals surface area contributed by atoms with Gasteiger partial charge in [0.1, 0.15) is 5.75 Å². The molecular formula is C21H20N2O6. The molecule has 0 fully saturated rings. The van der Waals surface area contributed by atoms with E-state index in [1.807, 2.05) is 19.1 Å². The number of esters is 1. The minimum atomic E-state index is -0.596. The number of nitrogens with two attached hydrogens (primary N) is 1. The highest BCUT2D eigenvalue weighted by Crippen LogP contribution is 2.30. The number of carbonyl (C=O) groups is 2. The summed E-state index contributed by atoms with van der Waals surface area (Å²) < 4.78 is 21.4. The van der Waals surface area contributed by atoms with Crippen molar-refractivity contribution in [3.63, 3.8) is 0 Å². The van der Waals surface area contributed by atoms with E-state index < -0.39 is 11.9 Å². The van der Waals surface area contributed by atoms with Crippen molar-refractivity contribution >= 4 is 23.9 Å². The third-order valence-electron chi connectivity index (χ3n) is 3.90. The molecule has 29 heavy (non-hydrogen) atoms. The number of ether oxygens (including phenoxy) is 4. The Kier molecular flexibility index (Phi) is 6.13. The zero-order valence-corrected chi connectivity index (χ0v) is 16.0. The second-order valence-corrected chi connectivity index (χ2v) is 5.93. The number of amides is 1. The third-order valence-corrected chi connectivity index (χ3v) is 3.90. The molecule has 2 aromatic rings. The summed E-state index contributed by atoms with van der Waals surface area (Å²) in [6.45, 7) is 2.08. The van der Waals surface area contributed by atoms with Crippen LogP contribution in [0.2, 0.25) is 0 Å². The van der Waals surface area contributed by atoms with Crippen LogP contribution in [0.3, 0.4) is 0 Å². The summed E-state index contributed by atoms with van der Waals surface area (Å²) in [5.41, 5.74) is 6.46. The van der Waals surface area contributed by atoms with Gasteiger partial charge >= 0.3 is 5.97 Å². The number of hydrogen-bond acceptors (Lipinski definition) is 7. The molecule has 0 saturated heterocycles. The largest absolute Gasteiger partial charge is 0.493 e. The Morgan fingerprint density at radius 3 is 2.66 bits per heavy atom. The van der Waals surface area contributed by atoms with E-state index >= 15 is 0 Å². The summed E-state index contributed by atoms with van der Waals surface area (Å²) in [6.07, 6.45) is 1.57. The summed E-state index contributed by atoms with van der Waals surface area (Å²) in [5.74, 6) is 0.342. The van der Waals surface area contributed by atoms with Gasteiger partial charge in [-0.25, -0.2) is 9.79 Å². The van der Waals surface area contributed by atoms with Crippen LogP contribution < -0.4 is 19.9 Å². The molecule has 1 aliphatic rings. The number of benzene rings is 2. The van der Waals surface area contributed by atoms with E-state index in [0.717, 1.165) is 0 Å². The lowest BCUT2D eigenvalue weighted by molar-refractivity contribution is -0.130. The Morgan fingerprint density at radius 2 is 1.93 bits per heavy atom. The molecule has 1 amide bonds. The van der Waals surface area contributed by atoms with Crippen molar-refractivity contribution in [2.45, 2.75) is 6.92 Å². The predicted molar refractivity (Wildman–Crippen MR) is 106 cm³/mol. The molecule has 0 aliphatic carbocycles. The first-order chi connectivity index (χ1) is 14.0. The average molecular weight is 396 g/mol. The first kappa shape index (κ1) is 19.9. The fourth-order valence-electron chi connectivity index (χ4n) is 2.65. The number of rotatable bonds is 8. The van der Waals surface area contributed by atoms with Crippen molar-refractivity contribution in [3.8, 4) is 17.2 Å². The van der Waals surface area contributed by atoms with Gasteiger partial charge in [-0.1, -0.05) is 18.2 Å². The number of carbonyl (C=O) groups excluding carboxylic acids is 2. The maximum atomic E-state index is 12.3. The molecule has 8 heteroatoms. The number of primary amides is 1. The van der Waals surface area contributed by atoms with Crippen LogP contribution >= 0.6 is 0 Å². The highest BCUT2D eigenvalue weighted by Gasteiger charge is 2.26. The van der Waals surface area contributed by atoms with Crippen molar-refractivity contribution in [1.82, 2.24) is 0 Å². The third kappa shape index (κ3) is 4.73. The second-order valence-electron chi connectivity index (χ2n) is 5.93. The Labute approximate surface area is 167 Å². The minimum absolute atomic E-state index is 0.138. The van der Waals surface area contributed by atoms with Gasteiger partial charge in [0.2, 0.25) is 5.90 Å². The molecule has 1 aliphatic heterocycles. The van der Waals surface area contributed by atoms with E-state index in [1.54, 1.807) is 36.4 Å². The quantitative estimate of drug-likeness (QED) is 0.542. The van der Waals surface area contributed by atoms with Gasteiger partial charge in [-0.3, -0.25) is 4.79 Å². The Morgan fingerprint density at radius 1 is 1.14 bits per heavy atom. The summed E-state index contributed by atoms with van der Waals surface area (Å²) in [7, 11) is 1.47. The Balaban J connectivity index is 1.88. The molecule has 0 bridgehead atoms. The minimum Gasteiger partial charge on any atom is -0.493 e. The maximum Gasteiger partial charge on any atom is 0.363 e.